The molecule has 1 aliphatic rings. The highest BCUT2D eigenvalue weighted by molar-refractivity contribution is 7.98. The summed E-state index contributed by atoms with van der Waals surface area (Å²) in [6, 6.07) is 8.35. The van der Waals surface area contributed by atoms with E-state index < -0.39 is 17.8 Å². The van der Waals surface area contributed by atoms with Gasteiger partial charge in [0.2, 0.25) is 5.88 Å². The van der Waals surface area contributed by atoms with Crippen molar-refractivity contribution >= 4 is 17.7 Å². The van der Waals surface area contributed by atoms with E-state index in [4.69, 9.17) is 4.74 Å². The largest absolute Gasteiger partial charge is 0.438 e. The van der Waals surface area contributed by atoms with Crippen molar-refractivity contribution in [2.75, 3.05) is 6.26 Å². The van der Waals surface area contributed by atoms with Gasteiger partial charge in [0.05, 0.1) is 12.3 Å². The zero-order valence-corrected chi connectivity index (χ0v) is 15.3. The number of benzene rings is 1. The Morgan fingerprint density at radius 3 is 3.00 bits per heavy atom. The average molecular weight is 376 g/mol. The summed E-state index contributed by atoms with van der Waals surface area (Å²) < 4.78 is 19.4. The summed E-state index contributed by atoms with van der Waals surface area (Å²) >= 11 is 1.57. The highest BCUT2D eigenvalue weighted by Crippen LogP contribution is 2.27. The van der Waals surface area contributed by atoms with Gasteiger partial charge in [0.25, 0.3) is 5.91 Å². The molecule has 1 saturated carbocycles. The molecule has 0 saturated heterocycles. The first-order valence-corrected chi connectivity index (χ1v) is 9.74. The molecule has 1 aromatic heterocycles. The van der Waals surface area contributed by atoms with Crippen molar-refractivity contribution in [3.63, 3.8) is 0 Å². The van der Waals surface area contributed by atoms with Crippen molar-refractivity contribution in [2.45, 2.75) is 42.7 Å². The minimum Gasteiger partial charge on any atom is -0.438 e. The first kappa shape index (κ1) is 18.7. The maximum atomic E-state index is 13.7. The number of nitrogens with zero attached hydrogens (tertiary/aromatic N) is 1. The van der Waals surface area contributed by atoms with E-state index in [1.54, 1.807) is 17.8 Å². The van der Waals surface area contributed by atoms with Crippen LogP contribution in [0.15, 0.2) is 41.4 Å². The fraction of sp³-hybridized carbons (Fsp3) is 0.368. The fourth-order valence-corrected chi connectivity index (χ4v) is 3.45. The van der Waals surface area contributed by atoms with E-state index in [1.165, 1.54) is 0 Å². The van der Waals surface area contributed by atoms with Gasteiger partial charge in [0.1, 0.15) is 17.1 Å². The minimum atomic E-state index is -0.607. The minimum absolute atomic E-state index is 0.0413. The monoisotopic (exact) mass is 376 g/mol. The van der Waals surface area contributed by atoms with E-state index in [9.17, 15) is 14.3 Å². The van der Waals surface area contributed by atoms with E-state index in [0.29, 0.717) is 12.2 Å². The number of halogens is 1. The van der Waals surface area contributed by atoms with Crippen molar-refractivity contribution in [1.29, 1.82) is 0 Å². The van der Waals surface area contributed by atoms with Crippen LogP contribution in [0.25, 0.3) is 0 Å². The first-order chi connectivity index (χ1) is 12.5. The number of hydrogen-bond donors (Lipinski definition) is 2. The van der Waals surface area contributed by atoms with Gasteiger partial charge in [0, 0.05) is 10.9 Å². The Labute approximate surface area is 156 Å². The van der Waals surface area contributed by atoms with Crippen LogP contribution in [0.2, 0.25) is 0 Å². The Bertz CT molecular complexity index is 787. The third-order valence-corrected chi connectivity index (χ3v) is 5.03. The highest BCUT2D eigenvalue weighted by atomic mass is 32.2. The molecule has 2 atom stereocenters. The van der Waals surface area contributed by atoms with Gasteiger partial charge in [-0.15, -0.1) is 11.8 Å². The Morgan fingerprint density at radius 1 is 1.38 bits per heavy atom. The fourth-order valence-electron chi connectivity index (χ4n) is 3.01. The van der Waals surface area contributed by atoms with Crippen molar-refractivity contribution < 1.29 is 19.0 Å². The highest BCUT2D eigenvalue weighted by Gasteiger charge is 2.24. The molecule has 7 heteroatoms. The summed E-state index contributed by atoms with van der Waals surface area (Å²) in [4.78, 5) is 17.6. The van der Waals surface area contributed by atoms with Crippen molar-refractivity contribution in [2.24, 2.45) is 0 Å². The number of pyridine rings is 1. The summed E-state index contributed by atoms with van der Waals surface area (Å²) in [5, 5.41) is 12.6. The first-order valence-electron chi connectivity index (χ1n) is 8.51. The topological polar surface area (TPSA) is 71.5 Å². The molecule has 2 N–H and O–H groups in total. The molecule has 1 amide bonds. The summed E-state index contributed by atoms with van der Waals surface area (Å²) in [5.41, 5.74) is 0.0413. The average Bonchev–Trinajstić information content (AvgIpc) is 2.63. The quantitative estimate of drug-likeness (QED) is 0.778. The lowest BCUT2D eigenvalue weighted by Gasteiger charge is -2.26. The Balaban J connectivity index is 1.79. The standard InChI is InChI=1S/C19H21FN2O3S/c1-26-16-7-3-6-15(10-16)25-19-17(8-12(20)11-21-19)18(24)22-13-4-2-5-14(23)9-13/h3,6-8,10-11,13-14,23H,2,4-5,9H2,1H3,(H,22,24)/t13-,14-/m0/s1. The molecule has 0 radical (unpaired) electrons. The van der Waals surface area contributed by atoms with Gasteiger partial charge in [-0.3, -0.25) is 4.79 Å². The zero-order chi connectivity index (χ0) is 18.5. The second kappa shape index (κ2) is 8.51. The zero-order valence-electron chi connectivity index (χ0n) is 14.4. The summed E-state index contributed by atoms with van der Waals surface area (Å²) in [7, 11) is 0. The summed E-state index contributed by atoms with van der Waals surface area (Å²) in [5.74, 6) is -0.479. The van der Waals surface area contributed by atoms with Crippen molar-refractivity contribution in [1.82, 2.24) is 10.3 Å². The van der Waals surface area contributed by atoms with Crippen LogP contribution >= 0.6 is 11.8 Å². The Morgan fingerprint density at radius 2 is 2.23 bits per heavy atom. The van der Waals surface area contributed by atoms with Crippen LogP contribution in [-0.2, 0) is 0 Å². The van der Waals surface area contributed by atoms with Gasteiger partial charge >= 0.3 is 0 Å². The number of carbonyl (C=O) groups excluding carboxylic acids is 1. The molecule has 2 aromatic rings. The van der Waals surface area contributed by atoms with Crippen LogP contribution in [0, 0.1) is 5.82 Å². The third kappa shape index (κ3) is 4.74. The molecule has 0 spiro atoms. The molecule has 0 unspecified atom stereocenters. The van der Waals surface area contributed by atoms with Gasteiger partial charge in [0.15, 0.2) is 0 Å². The predicted molar refractivity (Wildman–Crippen MR) is 98.2 cm³/mol. The molecule has 138 valence electrons. The smallest absolute Gasteiger partial charge is 0.257 e. The predicted octanol–water partition coefficient (Wildman–Crippen LogP) is 3.77. The van der Waals surface area contributed by atoms with Crippen LogP contribution < -0.4 is 10.1 Å². The molecule has 1 aliphatic carbocycles. The van der Waals surface area contributed by atoms with Crippen LogP contribution in [-0.4, -0.2) is 34.4 Å². The third-order valence-electron chi connectivity index (χ3n) is 4.30. The number of carbonyl (C=O) groups is 1. The molecule has 3 rings (SSSR count). The van der Waals surface area contributed by atoms with E-state index in [1.807, 2.05) is 24.5 Å². The van der Waals surface area contributed by atoms with Crippen LogP contribution in [0.3, 0.4) is 0 Å². The molecule has 26 heavy (non-hydrogen) atoms. The van der Waals surface area contributed by atoms with Crippen LogP contribution in [0.5, 0.6) is 11.6 Å². The van der Waals surface area contributed by atoms with Crippen LogP contribution in [0.1, 0.15) is 36.0 Å². The van der Waals surface area contributed by atoms with E-state index >= 15 is 0 Å². The second-order valence-corrected chi connectivity index (χ2v) is 7.16. The Kier molecular flexibility index (Phi) is 6.11. The number of aliphatic hydroxyl groups is 1. The molecular formula is C19H21FN2O3S. The maximum absolute atomic E-state index is 13.7. The summed E-state index contributed by atoms with van der Waals surface area (Å²) in [6.45, 7) is 0. The number of thioether (sulfide) groups is 1. The molecule has 1 heterocycles. The number of nitrogens with one attached hydrogen (secondary N) is 1. The number of rotatable bonds is 5. The van der Waals surface area contributed by atoms with Gasteiger partial charge in [-0.25, -0.2) is 9.37 Å². The van der Waals surface area contributed by atoms with Crippen molar-refractivity contribution in [3.05, 3.63) is 47.9 Å². The lowest BCUT2D eigenvalue weighted by Crippen LogP contribution is -2.39. The normalized spacial score (nSPS) is 19.8. The second-order valence-electron chi connectivity index (χ2n) is 6.28. The molecular weight excluding hydrogens is 355 g/mol. The molecule has 1 fully saturated rings. The lowest BCUT2D eigenvalue weighted by atomic mass is 9.93. The molecule has 0 aliphatic heterocycles. The number of hydrogen-bond acceptors (Lipinski definition) is 5. The van der Waals surface area contributed by atoms with E-state index in [0.717, 1.165) is 36.4 Å². The lowest BCUT2D eigenvalue weighted by molar-refractivity contribution is 0.0847. The molecule has 0 bridgehead atoms. The summed E-state index contributed by atoms with van der Waals surface area (Å²) in [6.07, 6.45) is 5.44. The van der Waals surface area contributed by atoms with Gasteiger partial charge in [-0.1, -0.05) is 6.07 Å². The maximum Gasteiger partial charge on any atom is 0.257 e. The van der Waals surface area contributed by atoms with Crippen molar-refractivity contribution in [3.8, 4) is 11.6 Å². The number of aliphatic hydroxyl groups excluding tert-OH is 1. The van der Waals surface area contributed by atoms with E-state index in [-0.39, 0.29) is 17.5 Å². The van der Waals surface area contributed by atoms with Gasteiger partial charge in [-0.2, -0.15) is 0 Å². The van der Waals surface area contributed by atoms with Crippen LogP contribution in [0.4, 0.5) is 4.39 Å². The molecule has 1 aromatic carbocycles. The van der Waals surface area contributed by atoms with Gasteiger partial charge in [-0.05, 0) is 56.2 Å². The number of ether oxygens (including phenoxy) is 1. The Hall–Kier alpha value is -2.12. The van der Waals surface area contributed by atoms with Gasteiger partial charge < -0.3 is 15.2 Å². The van der Waals surface area contributed by atoms with E-state index in [2.05, 4.69) is 10.3 Å². The number of amides is 1. The number of aromatic nitrogens is 1. The SMILES string of the molecule is CSc1cccc(Oc2ncc(F)cc2C(=O)N[C@H]2CCC[C@H](O)C2)c1. The molecule has 5 nitrogen and oxygen atoms in total.